The number of hydrogen-bond donors (Lipinski definition) is 0. The Bertz CT molecular complexity index is 4160. The molecule has 12 aromatic carbocycles. The molecular weight excluding hydrogens is 801 g/mol. The molecule has 306 valence electrons. The van der Waals surface area contributed by atoms with Crippen LogP contribution >= 0.6 is 0 Å². The second-order valence-electron chi connectivity index (χ2n) is 17.5. The van der Waals surface area contributed by atoms with Gasteiger partial charge in [0.15, 0.2) is 0 Å². The van der Waals surface area contributed by atoms with Gasteiger partial charge in [0.1, 0.15) is 22.3 Å². The Morgan fingerprint density at radius 2 is 0.591 bits per heavy atom. The summed E-state index contributed by atoms with van der Waals surface area (Å²) < 4.78 is 13.7. The van der Waals surface area contributed by atoms with Gasteiger partial charge < -0.3 is 8.83 Å². The Morgan fingerprint density at radius 1 is 0.212 bits per heavy atom. The molecule has 0 unspecified atom stereocenters. The predicted octanol–water partition coefficient (Wildman–Crippen LogP) is 18.4. The first-order chi connectivity index (χ1) is 32.7. The van der Waals surface area contributed by atoms with E-state index >= 15 is 0 Å². The summed E-state index contributed by atoms with van der Waals surface area (Å²) in [5.74, 6) is 0. The van der Waals surface area contributed by atoms with E-state index in [4.69, 9.17) is 8.83 Å². The summed E-state index contributed by atoms with van der Waals surface area (Å²) in [7, 11) is 0. The van der Waals surface area contributed by atoms with Gasteiger partial charge in [-0.25, -0.2) is 0 Å². The summed E-state index contributed by atoms with van der Waals surface area (Å²) >= 11 is 0. The smallest absolute Gasteiger partial charge is 0.147 e. The third-order valence-electron chi connectivity index (χ3n) is 13.9. The molecule has 0 aliphatic heterocycles. The third kappa shape index (κ3) is 5.55. The largest absolute Gasteiger partial charge is 0.455 e. The fourth-order valence-electron chi connectivity index (χ4n) is 10.8. The SMILES string of the molecule is c1ccc2c(-c3ccc(-c4c5ccccc5c(-c5ccc(-c6cccc7ccccc67)cc5)c5cc(-c6c7oc8ccccc8c7cc7c6oc6ccccc67)ccc45)cc3)cccc2c1. The molecule has 0 bridgehead atoms. The van der Waals surface area contributed by atoms with E-state index in [-0.39, 0.29) is 0 Å². The van der Waals surface area contributed by atoms with Crippen molar-refractivity contribution in [1.29, 1.82) is 0 Å². The number of furan rings is 2. The van der Waals surface area contributed by atoms with E-state index in [0.29, 0.717) is 0 Å². The maximum absolute atomic E-state index is 6.83. The van der Waals surface area contributed by atoms with Gasteiger partial charge in [-0.05, 0) is 117 Å². The lowest BCUT2D eigenvalue weighted by molar-refractivity contribution is 0.658. The zero-order valence-corrected chi connectivity index (χ0v) is 35.8. The quantitative estimate of drug-likeness (QED) is 0.161. The van der Waals surface area contributed by atoms with Gasteiger partial charge in [0.2, 0.25) is 0 Å². The van der Waals surface area contributed by atoms with Gasteiger partial charge >= 0.3 is 0 Å². The van der Waals surface area contributed by atoms with Gasteiger partial charge in [0.05, 0.1) is 5.56 Å². The summed E-state index contributed by atoms with van der Waals surface area (Å²) in [6.07, 6.45) is 0. The summed E-state index contributed by atoms with van der Waals surface area (Å²) in [5.41, 5.74) is 15.0. The van der Waals surface area contributed by atoms with Gasteiger partial charge in [-0.3, -0.25) is 0 Å². The van der Waals surface area contributed by atoms with Crippen LogP contribution in [0.2, 0.25) is 0 Å². The lowest BCUT2D eigenvalue weighted by Crippen LogP contribution is -1.92. The van der Waals surface area contributed by atoms with E-state index in [1.807, 2.05) is 12.1 Å². The molecule has 2 aromatic heterocycles. The number of para-hydroxylation sites is 2. The van der Waals surface area contributed by atoms with Crippen LogP contribution in [0, 0.1) is 0 Å². The van der Waals surface area contributed by atoms with Crippen LogP contribution in [-0.4, -0.2) is 0 Å². The topological polar surface area (TPSA) is 26.3 Å². The second-order valence-corrected chi connectivity index (χ2v) is 17.5. The minimum absolute atomic E-state index is 0.827. The highest BCUT2D eigenvalue weighted by atomic mass is 16.3. The molecule has 0 radical (unpaired) electrons. The van der Waals surface area contributed by atoms with E-state index < -0.39 is 0 Å². The van der Waals surface area contributed by atoms with Crippen molar-refractivity contribution in [1.82, 2.24) is 0 Å². The van der Waals surface area contributed by atoms with Crippen molar-refractivity contribution in [2.24, 2.45) is 0 Å². The lowest BCUT2D eigenvalue weighted by Gasteiger charge is -2.19. The highest BCUT2D eigenvalue weighted by Gasteiger charge is 2.24. The van der Waals surface area contributed by atoms with E-state index in [9.17, 15) is 0 Å². The van der Waals surface area contributed by atoms with Crippen molar-refractivity contribution in [2.45, 2.75) is 0 Å². The standard InChI is InChI=1S/C64H38O2/c1-3-17-46-39(13-1)15-11-23-48(46)41-27-31-43(32-28-41)60-52-21-5-6-22-53(52)61(44-33-29-42(30-34-44)49-24-12-16-40-14-2-4-18-47(40)49)55-37-45(35-36-54(55)60)62-63-56(50-19-7-9-25-58(50)65-63)38-57-51-20-8-10-26-59(51)66-64(57)62/h1-38H. The van der Waals surface area contributed by atoms with Crippen LogP contribution in [0.3, 0.4) is 0 Å². The van der Waals surface area contributed by atoms with Crippen LogP contribution in [0.4, 0.5) is 0 Å². The average Bonchev–Trinajstić information content (AvgIpc) is 3.95. The van der Waals surface area contributed by atoms with Gasteiger partial charge in [0.25, 0.3) is 0 Å². The summed E-state index contributed by atoms with van der Waals surface area (Å²) in [6, 6.07) is 83.6. The van der Waals surface area contributed by atoms with Crippen molar-refractivity contribution in [3.63, 3.8) is 0 Å². The molecule has 2 heteroatoms. The Morgan fingerprint density at radius 3 is 1.11 bits per heavy atom. The molecule has 0 amide bonds. The average molecular weight is 839 g/mol. The van der Waals surface area contributed by atoms with Crippen LogP contribution in [-0.2, 0) is 0 Å². The Kier molecular flexibility index (Phi) is 8.02. The van der Waals surface area contributed by atoms with Gasteiger partial charge in [-0.15, -0.1) is 0 Å². The Labute approximate surface area is 380 Å². The van der Waals surface area contributed by atoms with Crippen molar-refractivity contribution in [3.8, 4) is 55.6 Å². The van der Waals surface area contributed by atoms with Crippen LogP contribution in [0.5, 0.6) is 0 Å². The molecule has 66 heavy (non-hydrogen) atoms. The number of fused-ring (bicyclic) bond motifs is 10. The normalized spacial score (nSPS) is 11.9. The zero-order valence-electron chi connectivity index (χ0n) is 35.8. The molecule has 0 aliphatic carbocycles. The molecule has 14 aromatic rings. The molecule has 14 rings (SSSR count). The number of benzene rings is 12. The molecule has 0 atom stereocenters. The molecule has 0 aliphatic rings. The highest BCUT2D eigenvalue weighted by molar-refractivity contribution is 6.25. The predicted molar refractivity (Wildman–Crippen MR) is 278 cm³/mol. The molecule has 2 nitrogen and oxygen atoms in total. The number of rotatable bonds is 5. The van der Waals surface area contributed by atoms with Gasteiger partial charge in [0, 0.05) is 21.5 Å². The van der Waals surface area contributed by atoms with E-state index in [0.717, 1.165) is 66.0 Å². The van der Waals surface area contributed by atoms with Gasteiger partial charge in [-0.1, -0.05) is 206 Å². The van der Waals surface area contributed by atoms with Crippen LogP contribution < -0.4 is 0 Å². The summed E-state index contributed by atoms with van der Waals surface area (Å²) in [5, 5.41) is 14.1. The minimum Gasteiger partial charge on any atom is -0.455 e. The monoisotopic (exact) mass is 838 g/mol. The highest BCUT2D eigenvalue weighted by Crippen LogP contribution is 2.49. The molecule has 0 saturated carbocycles. The fraction of sp³-hybridized carbons (Fsp3) is 0. The maximum Gasteiger partial charge on any atom is 0.147 e. The first-order valence-corrected chi connectivity index (χ1v) is 22.6. The van der Waals surface area contributed by atoms with Crippen LogP contribution in [0.15, 0.2) is 239 Å². The Hall–Kier alpha value is -8.72. The van der Waals surface area contributed by atoms with E-state index in [1.54, 1.807) is 0 Å². The Balaban J connectivity index is 1.04. The van der Waals surface area contributed by atoms with Crippen molar-refractivity contribution >= 4 is 87.0 Å². The molecule has 0 N–H and O–H groups in total. The van der Waals surface area contributed by atoms with Crippen LogP contribution in [0.1, 0.15) is 0 Å². The first kappa shape index (κ1) is 36.7. The first-order valence-electron chi connectivity index (χ1n) is 22.6. The zero-order chi connectivity index (χ0) is 43.3. The van der Waals surface area contributed by atoms with E-state index in [2.05, 4.69) is 218 Å². The molecule has 2 heterocycles. The van der Waals surface area contributed by atoms with Crippen molar-refractivity contribution in [2.75, 3.05) is 0 Å². The van der Waals surface area contributed by atoms with Crippen molar-refractivity contribution in [3.05, 3.63) is 231 Å². The summed E-state index contributed by atoms with van der Waals surface area (Å²) in [6.45, 7) is 0. The number of hydrogen-bond acceptors (Lipinski definition) is 2. The lowest BCUT2D eigenvalue weighted by atomic mass is 9.84. The molecule has 0 saturated heterocycles. The molecular formula is C64H38O2. The molecule has 0 fully saturated rings. The minimum atomic E-state index is 0.827. The van der Waals surface area contributed by atoms with E-state index in [1.165, 1.54) is 76.6 Å². The third-order valence-corrected chi connectivity index (χ3v) is 13.9. The maximum atomic E-state index is 6.83. The summed E-state index contributed by atoms with van der Waals surface area (Å²) in [4.78, 5) is 0. The molecule has 0 spiro atoms. The van der Waals surface area contributed by atoms with Crippen LogP contribution in [0.25, 0.3) is 143 Å². The van der Waals surface area contributed by atoms with Crippen molar-refractivity contribution < 1.29 is 8.83 Å². The fourth-order valence-corrected chi connectivity index (χ4v) is 10.8. The second kappa shape index (κ2) is 14.4. The van der Waals surface area contributed by atoms with Gasteiger partial charge in [-0.2, -0.15) is 0 Å².